The molecule has 0 saturated carbocycles. The molecule has 0 saturated heterocycles. The summed E-state index contributed by atoms with van der Waals surface area (Å²) in [5.74, 6) is -1.27. The average Bonchev–Trinajstić information content (AvgIpc) is 2.72. The maximum atomic E-state index is 12.7. The Balaban J connectivity index is 1.91. The first-order valence-electron chi connectivity index (χ1n) is 10.5. The number of benzene rings is 2. The van der Waals surface area contributed by atoms with Crippen molar-refractivity contribution < 1.29 is 27.9 Å². The Labute approximate surface area is 199 Å². The predicted molar refractivity (Wildman–Crippen MR) is 127 cm³/mol. The summed E-state index contributed by atoms with van der Waals surface area (Å²) in [5.41, 5.74) is 1.07. The Bertz CT molecular complexity index is 1050. The van der Waals surface area contributed by atoms with Crippen molar-refractivity contribution in [2.45, 2.75) is 56.6 Å². The largest absolute Gasteiger partial charge is 0.480 e. The summed E-state index contributed by atoms with van der Waals surface area (Å²) < 4.78 is 32.7. The van der Waals surface area contributed by atoms with Crippen molar-refractivity contribution >= 4 is 33.7 Å². The van der Waals surface area contributed by atoms with Gasteiger partial charge in [0.05, 0.1) is 4.90 Å². The van der Waals surface area contributed by atoms with Crippen LogP contribution in [0.2, 0.25) is 5.02 Å². The van der Waals surface area contributed by atoms with Crippen molar-refractivity contribution in [2.75, 3.05) is 6.54 Å². The lowest BCUT2D eigenvalue weighted by molar-refractivity contribution is -0.139. The van der Waals surface area contributed by atoms with Crippen LogP contribution in [0.25, 0.3) is 11.1 Å². The number of carbonyl (C=O) groups is 2. The third-order valence-electron chi connectivity index (χ3n) is 4.53. The van der Waals surface area contributed by atoms with E-state index in [2.05, 4.69) is 10.0 Å². The van der Waals surface area contributed by atoms with Crippen LogP contribution in [-0.4, -0.2) is 43.8 Å². The normalized spacial score (nSPS) is 12.7. The van der Waals surface area contributed by atoms with Gasteiger partial charge >= 0.3 is 12.1 Å². The second-order valence-electron chi connectivity index (χ2n) is 8.47. The molecule has 0 unspecified atom stereocenters. The summed E-state index contributed by atoms with van der Waals surface area (Å²) >= 11 is 5.89. The van der Waals surface area contributed by atoms with E-state index in [1.54, 1.807) is 45.0 Å². The summed E-state index contributed by atoms with van der Waals surface area (Å²) in [6.07, 6.45) is 0.388. The molecule has 0 aliphatic carbocycles. The van der Waals surface area contributed by atoms with E-state index in [1.807, 2.05) is 12.1 Å². The van der Waals surface area contributed by atoms with Crippen LogP contribution in [0.5, 0.6) is 0 Å². The monoisotopic (exact) mass is 496 g/mol. The fourth-order valence-corrected chi connectivity index (χ4v) is 4.28. The first-order valence-corrected chi connectivity index (χ1v) is 12.3. The molecule has 180 valence electrons. The van der Waals surface area contributed by atoms with Gasteiger partial charge in [0.25, 0.3) is 0 Å². The second kappa shape index (κ2) is 11.5. The highest BCUT2D eigenvalue weighted by Gasteiger charge is 2.25. The van der Waals surface area contributed by atoms with Gasteiger partial charge in [0.2, 0.25) is 10.0 Å². The van der Waals surface area contributed by atoms with Gasteiger partial charge < -0.3 is 15.2 Å². The smallest absolute Gasteiger partial charge is 0.407 e. The van der Waals surface area contributed by atoms with Crippen LogP contribution in [0.3, 0.4) is 0 Å². The van der Waals surface area contributed by atoms with Crippen molar-refractivity contribution in [3.05, 3.63) is 53.6 Å². The molecule has 10 heteroatoms. The molecule has 0 radical (unpaired) electrons. The van der Waals surface area contributed by atoms with Gasteiger partial charge in [-0.15, -0.1) is 0 Å². The van der Waals surface area contributed by atoms with E-state index < -0.39 is 33.7 Å². The molecule has 0 aliphatic rings. The molecule has 0 bridgehead atoms. The molecule has 2 rings (SSSR count). The number of carboxylic acid groups (broad SMARTS) is 1. The molecule has 1 atom stereocenters. The van der Waals surface area contributed by atoms with Gasteiger partial charge in [-0.1, -0.05) is 35.9 Å². The minimum absolute atomic E-state index is 0.0296. The SMILES string of the molecule is CC(C)(C)OC(=O)NCCCC[C@@H](NS(=O)(=O)c1ccc(-c2ccc(Cl)cc2)cc1)C(=O)O. The number of sulfonamides is 1. The van der Waals surface area contributed by atoms with Crippen molar-refractivity contribution in [1.82, 2.24) is 10.0 Å². The van der Waals surface area contributed by atoms with Gasteiger partial charge in [-0.3, -0.25) is 4.79 Å². The van der Waals surface area contributed by atoms with E-state index in [4.69, 9.17) is 16.3 Å². The Morgan fingerprint density at radius 3 is 2.06 bits per heavy atom. The zero-order valence-electron chi connectivity index (χ0n) is 18.8. The Kier molecular flexibility index (Phi) is 9.27. The molecule has 0 heterocycles. The lowest BCUT2D eigenvalue weighted by Crippen LogP contribution is -2.40. The van der Waals surface area contributed by atoms with Crippen molar-refractivity contribution in [3.63, 3.8) is 0 Å². The van der Waals surface area contributed by atoms with Crippen LogP contribution in [0.4, 0.5) is 4.79 Å². The summed E-state index contributed by atoms with van der Waals surface area (Å²) in [5, 5.41) is 12.6. The number of ether oxygens (including phenoxy) is 1. The molecule has 0 aliphatic heterocycles. The molecule has 2 aromatic rings. The number of rotatable bonds is 10. The number of carboxylic acids is 1. The van der Waals surface area contributed by atoms with Gasteiger partial charge in [0.1, 0.15) is 11.6 Å². The molecular weight excluding hydrogens is 468 g/mol. The highest BCUT2D eigenvalue weighted by molar-refractivity contribution is 7.89. The number of alkyl carbamates (subject to hydrolysis) is 1. The van der Waals surface area contributed by atoms with Crippen molar-refractivity contribution in [2.24, 2.45) is 0 Å². The molecule has 1 amide bonds. The topological polar surface area (TPSA) is 122 Å². The highest BCUT2D eigenvalue weighted by Crippen LogP contribution is 2.23. The van der Waals surface area contributed by atoms with Crippen LogP contribution < -0.4 is 10.0 Å². The summed E-state index contributed by atoms with van der Waals surface area (Å²) in [7, 11) is -4.03. The van der Waals surface area contributed by atoms with E-state index in [1.165, 1.54) is 12.1 Å². The zero-order chi connectivity index (χ0) is 24.6. The number of amides is 1. The Morgan fingerprint density at radius 2 is 1.55 bits per heavy atom. The Morgan fingerprint density at radius 1 is 1.00 bits per heavy atom. The first kappa shape index (κ1) is 26.6. The molecule has 33 heavy (non-hydrogen) atoms. The minimum atomic E-state index is -4.03. The summed E-state index contributed by atoms with van der Waals surface area (Å²) in [6, 6.07) is 12.0. The number of unbranched alkanes of at least 4 members (excludes halogenated alkanes) is 1. The molecule has 0 fully saturated rings. The molecule has 0 aromatic heterocycles. The third kappa shape index (κ3) is 9.03. The van der Waals surface area contributed by atoms with Gasteiger partial charge in [0.15, 0.2) is 0 Å². The maximum Gasteiger partial charge on any atom is 0.407 e. The van der Waals surface area contributed by atoms with Crippen LogP contribution in [-0.2, 0) is 19.6 Å². The lowest BCUT2D eigenvalue weighted by Gasteiger charge is -2.19. The maximum absolute atomic E-state index is 12.7. The van der Waals surface area contributed by atoms with Crippen LogP contribution in [0.1, 0.15) is 40.0 Å². The number of nitrogens with one attached hydrogen (secondary N) is 2. The number of hydrogen-bond acceptors (Lipinski definition) is 5. The average molecular weight is 497 g/mol. The number of carbonyl (C=O) groups excluding carboxylic acids is 1. The van der Waals surface area contributed by atoms with Gasteiger partial charge in [-0.05, 0) is 75.4 Å². The first-order chi connectivity index (χ1) is 15.4. The van der Waals surface area contributed by atoms with E-state index in [0.717, 1.165) is 11.1 Å². The fourth-order valence-electron chi connectivity index (χ4n) is 2.94. The fraction of sp³-hybridized carbons (Fsp3) is 0.391. The van der Waals surface area contributed by atoms with Crippen LogP contribution in [0.15, 0.2) is 53.4 Å². The number of aliphatic carboxylic acids is 1. The third-order valence-corrected chi connectivity index (χ3v) is 6.27. The number of halogens is 1. The molecular formula is C23H29ClN2O6S. The minimum Gasteiger partial charge on any atom is -0.480 e. The summed E-state index contributed by atoms with van der Waals surface area (Å²) in [4.78, 5) is 23.2. The predicted octanol–water partition coefficient (Wildman–Crippen LogP) is 4.43. The number of hydrogen-bond donors (Lipinski definition) is 3. The molecule has 3 N–H and O–H groups in total. The highest BCUT2D eigenvalue weighted by atomic mass is 35.5. The van der Waals surface area contributed by atoms with Crippen LogP contribution >= 0.6 is 11.6 Å². The van der Waals surface area contributed by atoms with E-state index in [9.17, 15) is 23.1 Å². The molecule has 0 spiro atoms. The van der Waals surface area contributed by atoms with Crippen LogP contribution in [0, 0.1) is 0 Å². The van der Waals surface area contributed by atoms with Crippen molar-refractivity contribution in [1.29, 1.82) is 0 Å². The van der Waals surface area contributed by atoms with E-state index >= 15 is 0 Å². The van der Waals surface area contributed by atoms with Gasteiger partial charge in [-0.25, -0.2) is 13.2 Å². The molecule has 2 aromatic carbocycles. The standard InChI is InChI=1S/C23H29ClN2O6S/c1-23(2,3)32-22(29)25-15-5-4-6-20(21(27)28)26-33(30,31)19-13-9-17(10-14-19)16-7-11-18(24)12-8-16/h7-14,20,26H,4-6,15H2,1-3H3,(H,25,29)(H,27,28)/t20-/m1/s1. The molecule has 8 nitrogen and oxygen atoms in total. The zero-order valence-corrected chi connectivity index (χ0v) is 20.4. The summed E-state index contributed by atoms with van der Waals surface area (Å²) in [6.45, 7) is 5.55. The van der Waals surface area contributed by atoms with Crippen molar-refractivity contribution in [3.8, 4) is 11.1 Å². The van der Waals surface area contributed by atoms with Gasteiger partial charge in [0, 0.05) is 11.6 Å². The quantitative estimate of drug-likeness (QED) is 0.418. The van der Waals surface area contributed by atoms with Gasteiger partial charge in [-0.2, -0.15) is 4.72 Å². The lowest BCUT2D eigenvalue weighted by atomic mass is 10.1. The van der Waals surface area contributed by atoms with E-state index in [0.29, 0.717) is 24.4 Å². The second-order valence-corrected chi connectivity index (χ2v) is 10.6. The van der Waals surface area contributed by atoms with E-state index in [-0.39, 0.29) is 11.3 Å². The Hall–Kier alpha value is -2.62.